The van der Waals surface area contributed by atoms with E-state index in [4.69, 9.17) is 9.84 Å². The molecule has 0 saturated carbocycles. The Kier molecular flexibility index (Phi) is 4.53. The number of halogens is 1. The van der Waals surface area contributed by atoms with Crippen LogP contribution in [-0.4, -0.2) is 17.4 Å². The van der Waals surface area contributed by atoms with Crippen LogP contribution in [-0.2, 0) is 6.61 Å². The summed E-state index contributed by atoms with van der Waals surface area (Å²) in [4.78, 5) is 21.5. The zero-order valence-electron chi connectivity index (χ0n) is 10.4. The highest BCUT2D eigenvalue weighted by atomic mass is 79.9. The monoisotopic (exact) mass is 334 g/mol. The van der Waals surface area contributed by atoms with Crippen LogP contribution >= 0.6 is 15.9 Å². The first-order valence-corrected chi connectivity index (χ1v) is 6.59. The summed E-state index contributed by atoms with van der Waals surface area (Å²) in [6.07, 6.45) is 0.755. The predicted molar refractivity (Wildman–Crippen MR) is 77.3 cm³/mol. The van der Waals surface area contributed by atoms with Crippen LogP contribution in [0.4, 0.5) is 0 Å². The lowest BCUT2D eigenvalue weighted by atomic mass is 10.1. The van der Waals surface area contributed by atoms with Gasteiger partial charge in [0.25, 0.3) is 0 Å². The molecule has 2 rings (SSSR count). The van der Waals surface area contributed by atoms with Crippen molar-refractivity contribution in [3.05, 3.63) is 63.6 Å². The molecule has 0 amide bonds. The first-order chi connectivity index (χ1) is 9.60. The molecule has 1 N–H and O–H groups in total. The highest BCUT2D eigenvalue weighted by Crippen LogP contribution is 2.26. The second-order valence-corrected chi connectivity index (χ2v) is 4.96. The maximum Gasteiger partial charge on any atom is 0.335 e. The van der Waals surface area contributed by atoms with Gasteiger partial charge in [-0.05, 0) is 51.8 Å². The number of carboxylic acid groups (broad SMARTS) is 1. The Morgan fingerprint density at radius 1 is 1.25 bits per heavy atom. The molecule has 2 aromatic rings. The van der Waals surface area contributed by atoms with E-state index in [-0.39, 0.29) is 12.2 Å². The first kappa shape index (κ1) is 14.3. The van der Waals surface area contributed by atoms with Crippen LogP contribution in [0.25, 0.3) is 0 Å². The molecule has 4 nitrogen and oxygen atoms in total. The van der Waals surface area contributed by atoms with E-state index in [0.29, 0.717) is 15.8 Å². The Bertz CT molecular complexity index is 652. The fraction of sp³-hybridized carbons (Fsp3) is 0.0667. The molecule has 0 saturated heterocycles. The van der Waals surface area contributed by atoms with Crippen LogP contribution in [0, 0.1) is 0 Å². The molecule has 0 spiro atoms. The lowest BCUT2D eigenvalue weighted by molar-refractivity contribution is 0.0696. The van der Waals surface area contributed by atoms with Gasteiger partial charge in [0.15, 0.2) is 0 Å². The smallest absolute Gasteiger partial charge is 0.335 e. The number of rotatable bonds is 5. The highest BCUT2D eigenvalue weighted by molar-refractivity contribution is 9.10. The molecule has 0 atom stereocenters. The summed E-state index contributed by atoms with van der Waals surface area (Å²) in [7, 11) is 0. The molecule has 0 aliphatic carbocycles. The zero-order valence-corrected chi connectivity index (χ0v) is 12.0. The van der Waals surface area contributed by atoms with E-state index in [1.54, 1.807) is 36.4 Å². The molecule has 0 bridgehead atoms. The third-order valence-electron chi connectivity index (χ3n) is 2.66. The zero-order chi connectivity index (χ0) is 14.5. The van der Waals surface area contributed by atoms with Gasteiger partial charge in [-0.3, -0.25) is 4.79 Å². The maximum atomic E-state index is 10.9. The fourth-order valence-corrected chi connectivity index (χ4v) is 2.17. The third kappa shape index (κ3) is 3.45. The van der Waals surface area contributed by atoms with Gasteiger partial charge in [-0.15, -0.1) is 0 Å². The summed E-state index contributed by atoms with van der Waals surface area (Å²) in [5, 5.41) is 8.91. The molecular weight excluding hydrogens is 324 g/mol. The minimum absolute atomic E-state index is 0.224. The van der Waals surface area contributed by atoms with E-state index in [0.717, 1.165) is 11.8 Å². The molecule has 102 valence electrons. The van der Waals surface area contributed by atoms with E-state index in [1.165, 1.54) is 6.07 Å². The van der Waals surface area contributed by atoms with E-state index < -0.39 is 5.97 Å². The average molecular weight is 335 g/mol. The molecule has 5 heteroatoms. The summed E-state index contributed by atoms with van der Waals surface area (Å²) in [6.45, 7) is 0.250. The van der Waals surface area contributed by atoms with Gasteiger partial charge in [0.05, 0.1) is 10.0 Å². The molecule has 20 heavy (non-hydrogen) atoms. The summed E-state index contributed by atoms with van der Waals surface area (Å²) < 4.78 is 6.28. The standard InChI is InChI=1S/C15H11BrO4/c16-13-7-10(8-17)4-5-14(13)20-9-11-2-1-3-12(6-11)15(18)19/h1-8H,9H2,(H,18,19). The quantitative estimate of drug-likeness (QED) is 0.849. The van der Waals surface area contributed by atoms with Gasteiger partial charge in [-0.1, -0.05) is 12.1 Å². The van der Waals surface area contributed by atoms with Crippen molar-refractivity contribution in [1.82, 2.24) is 0 Å². The van der Waals surface area contributed by atoms with Crippen LogP contribution in [0.2, 0.25) is 0 Å². The Morgan fingerprint density at radius 2 is 2.05 bits per heavy atom. The Morgan fingerprint density at radius 3 is 2.70 bits per heavy atom. The summed E-state index contributed by atoms with van der Waals surface area (Å²) in [5.74, 6) is -0.375. The highest BCUT2D eigenvalue weighted by Gasteiger charge is 2.06. The van der Waals surface area contributed by atoms with Crippen LogP contribution in [0.15, 0.2) is 46.9 Å². The summed E-state index contributed by atoms with van der Waals surface area (Å²) in [5.41, 5.74) is 1.54. The molecule has 0 aliphatic rings. The lowest BCUT2D eigenvalue weighted by Gasteiger charge is -2.09. The van der Waals surface area contributed by atoms with Crippen LogP contribution in [0.5, 0.6) is 5.75 Å². The van der Waals surface area contributed by atoms with Gasteiger partial charge in [-0.25, -0.2) is 4.79 Å². The average Bonchev–Trinajstić information content (AvgIpc) is 2.46. The van der Waals surface area contributed by atoms with E-state index in [1.807, 2.05) is 0 Å². The topological polar surface area (TPSA) is 63.6 Å². The van der Waals surface area contributed by atoms with Crippen LogP contribution < -0.4 is 4.74 Å². The number of aromatic carboxylic acids is 1. The number of carbonyl (C=O) groups excluding carboxylic acids is 1. The second kappa shape index (κ2) is 6.34. The number of ether oxygens (including phenoxy) is 1. The molecule has 0 aromatic heterocycles. The number of hydrogen-bond donors (Lipinski definition) is 1. The van der Waals surface area contributed by atoms with Gasteiger partial charge >= 0.3 is 5.97 Å². The largest absolute Gasteiger partial charge is 0.488 e. The van der Waals surface area contributed by atoms with Gasteiger partial charge in [0.1, 0.15) is 18.6 Å². The summed E-state index contributed by atoms with van der Waals surface area (Å²) >= 11 is 3.32. The number of hydrogen-bond acceptors (Lipinski definition) is 3. The van der Waals surface area contributed by atoms with Crippen LogP contribution in [0.3, 0.4) is 0 Å². The molecule has 0 fully saturated rings. The van der Waals surface area contributed by atoms with Crippen molar-refractivity contribution in [1.29, 1.82) is 0 Å². The van der Waals surface area contributed by atoms with Crippen molar-refractivity contribution in [2.24, 2.45) is 0 Å². The Balaban J connectivity index is 2.10. The Labute approximate surface area is 124 Å². The van der Waals surface area contributed by atoms with Crippen LogP contribution in [0.1, 0.15) is 26.3 Å². The Hall–Kier alpha value is -2.14. The third-order valence-corrected chi connectivity index (χ3v) is 3.28. The van der Waals surface area contributed by atoms with E-state index >= 15 is 0 Å². The molecular formula is C15H11BrO4. The van der Waals surface area contributed by atoms with Gasteiger partial charge < -0.3 is 9.84 Å². The predicted octanol–water partition coefficient (Wildman–Crippen LogP) is 3.54. The number of aldehydes is 1. The number of carboxylic acids is 1. The molecule has 0 radical (unpaired) electrons. The molecule has 0 unspecified atom stereocenters. The maximum absolute atomic E-state index is 10.9. The SMILES string of the molecule is O=Cc1ccc(OCc2cccc(C(=O)O)c2)c(Br)c1. The first-order valence-electron chi connectivity index (χ1n) is 5.80. The molecule has 2 aromatic carbocycles. The van der Waals surface area contributed by atoms with Gasteiger partial charge in [0, 0.05) is 5.56 Å². The van der Waals surface area contributed by atoms with E-state index in [2.05, 4.69) is 15.9 Å². The normalized spacial score (nSPS) is 10.1. The lowest BCUT2D eigenvalue weighted by Crippen LogP contribution is -2.00. The van der Waals surface area contributed by atoms with Crippen molar-refractivity contribution in [2.45, 2.75) is 6.61 Å². The summed E-state index contributed by atoms with van der Waals surface area (Å²) in [6, 6.07) is 11.6. The number of benzene rings is 2. The molecule has 0 aliphatic heterocycles. The van der Waals surface area contributed by atoms with Gasteiger partial charge in [-0.2, -0.15) is 0 Å². The number of carbonyl (C=O) groups is 2. The second-order valence-electron chi connectivity index (χ2n) is 4.10. The fourth-order valence-electron chi connectivity index (χ4n) is 1.66. The van der Waals surface area contributed by atoms with Crippen molar-refractivity contribution in [3.63, 3.8) is 0 Å². The minimum Gasteiger partial charge on any atom is -0.488 e. The van der Waals surface area contributed by atoms with Crippen molar-refractivity contribution in [3.8, 4) is 5.75 Å². The van der Waals surface area contributed by atoms with Crippen molar-refractivity contribution >= 4 is 28.2 Å². The minimum atomic E-state index is -0.969. The van der Waals surface area contributed by atoms with E-state index in [9.17, 15) is 9.59 Å². The van der Waals surface area contributed by atoms with Gasteiger partial charge in [0.2, 0.25) is 0 Å². The molecule has 0 heterocycles. The van der Waals surface area contributed by atoms with Crippen molar-refractivity contribution < 1.29 is 19.4 Å². The van der Waals surface area contributed by atoms with Crippen molar-refractivity contribution in [2.75, 3.05) is 0 Å².